The molecule has 26 heavy (non-hydrogen) atoms. The SMILES string of the molecule is Cl.Cn1cc([C@H]2CNC[C@@H]2C(=O)NCC(C)(C)c2ccccc2F)cn1. The van der Waals surface area contributed by atoms with Gasteiger partial charge in [-0.1, -0.05) is 32.0 Å². The quantitative estimate of drug-likeness (QED) is 0.837. The minimum absolute atomic E-state index is 0. The molecule has 0 saturated carbocycles. The summed E-state index contributed by atoms with van der Waals surface area (Å²) in [6, 6.07) is 6.73. The van der Waals surface area contributed by atoms with Crippen LogP contribution < -0.4 is 10.6 Å². The predicted molar refractivity (Wildman–Crippen MR) is 102 cm³/mol. The highest BCUT2D eigenvalue weighted by atomic mass is 35.5. The van der Waals surface area contributed by atoms with E-state index in [9.17, 15) is 9.18 Å². The van der Waals surface area contributed by atoms with Gasteiger partial charge < -0.3 is 10.6 Å². The van der Waals surface area contributed by atoms with Crippen molar-refractivity contribution in [2.24, 2.45) is 13.0 Å². The fourth-order valence-corrected chi connectivity index (χ4v) is 3.48. The molecule has 0 bridgehead atoms. The van der Waals surface area contributed by atoms with Crippen LogP contribution in [0.5, 0.6) is 0 Å². The van der Waals surface area contributed by atoms with Crippen molar-refractivity contribution >= 4 is 18.3 Å². The second-order valence-corrected chi connectivity index (χ2v) is 7.40. The van der Waals surface area contributed by atoms with Crippen LogP contribution in [0.4, 0.5) is 4.39 Å². The molecular formula is C19H26ClFN4O. The number of aromatic nitrogens is 2. The number of hydrogen-bond donors (Lipinski definition) is 2. The second kappa shape index (κ2) is 8.18. The van der Waals surface area contributed by atoms with Crippen molar-refractivity contribution < 1.29 is 9.18 Å². The maximum absolute atomic E-state index is 14.1. The van der Waals surface area contributed by atoms with E-state index in [2.05, 4.69) is 15.7 Å². The Bertz CT molecular complexity index is 762. The molecule has 3 rings (SSSR count). The molecule has 0 aliphatic carbocycles. The number of carbonyl (C=O) groups excluding carboxylic acids is 1. The Hall–Kier alpha value is -1.92. The first-order valence-electron chi connectivity index (χ1n) is 8.60. The molecular weight excluding hydrogens is 355 g/mol. The van der Waals surface area contributed by atoms with Gasteiger partial charge in [0.05, 0.1) is 12.1 Å². The molecule has 2 heterocycles. The fraction of sp³-hybridized carbons (Fsp3) is 0.474. The standard InChI is InChI=1S/C19H25FN4O.ClH/c1-19(2,16-6-4-5-7-17(16)20)12-22-18(25)15-10-21-9-14(15)13-8-23-24(3)11-13;/h4-8,11,14-15,21H,9-10,12H2,1-3H3,(H,22,25);1H/t14-,15+;/m1./s1. The van der Waals surface area contributed by atoms with E-state index < -0.39 is 5.41 Å². The van der Waals surface area contributed by atoms with E-state index in [-0.39, 0.29) is 36.0 Å². The third-order valence-corrected chi connectivity index (χ3v) is 5.01. The zero-order chi connectivity index (χ0) is 18.0. The molecule has 0 unspecified atom stereocenters. The number of aryl methyl sites for hydroxylation is 1. The molecule has 1 aliphatic heterocycles. The van der Waals surface area contributed by atoms with E-state index in [0.717, 1.165) is 12.1 Å². The summed E-state index contributed by atoms with van der Waals surface area (Å²) >= 11 is 0. The number of hydrogen-bond acceptors (Lipinski definition) is 3. The summed E-state index contributed by atoms with van der Waals surface area (Å²) in [5.41, 5.74) is 1.21. The van der Waals surface area contributed by atoms with Crippen LogP contribution in [-0.4, -0.2) is 35.3 Å². The summed E-state index contributed by atoms with van der Waals surface area (Å²) < 4.78 is 15.8. The molecule has 1 aromatic carbocycles. The lowest BCUT2D eigenvalue weighted by atomic mass is 9.83. The first-order chi connectivity index (χ1) is 11.9. The summed E-state index contributed by atoms with van der Waals surface area (Å²) in [7, 11) is 1.87. The Kier molecular flexibility index (Phi) is 6.42. The lowest BCUT2D eigenvalue weighted by Gasteiger charge is -2.27. The number of nitrogens with zero attached hydrogens (tertiary/aromatic N) is 2. The van der Waals surface area contributed by atoms with Crippen molar-refractivity contribution in [1.82, 2.24) is 20.4 Å². The van der Waals surface area contributed by atoms with Crippen LogP contribution >= 0.6 is 12.4 Å². The maximum atomic E-state index is 14.1. The van der Waals surface area contributed by atoms with Gasteiger partial charge in [-0.3, -0.25) is 9.48 Å². The Balaban J connectivity index is 0.00000243. The lowest BCUT2D eigenvalue weighted by molar-refractivity contribution is -0.125. The molecule has 0 spiro atoms. The van der Waals surface area contributed by atoms with E-state index in [1.807, 2.05) is 39.4 Å². The topological polar surface area (TPSA) is 59.0 Å². The van der Waals surface area contributed by atoms with E-state index in [1.54, 1.807) is 16.8 Å². The van der Waals surface area contributed by atoms with E-state index >= 15 is 0 Å². The largest absolute Gasteiger partial charge is 0.355 e. The average Bonchev–Trinajstić information content (AvgIpc) is 3.21. The summed E-state index contributed by atoms with van der Waals surface area (Å²) in [5, 5.41) is 10.5. The van der Waals surface area contributed by atoms with Crippen LogP contribution in [0, 0.1) is 11.7 Å². The minimum Gasteiger partial charge on any atom is -0.355 e. The molecule has 142 valence electrons. The zero-order valence-electron chi connectivity index (χ0n) is 15.3. The number of amides is 1. The minimum atomic E-state index is -0.475. The summed E-state index contributed by atoms with van der Waals surface area (Å²) in [6.07, 6.45) is 3.78. The third kappa shape index (κ3) is 4.24. The molecule has 5 nitrogen and oxygen atoms in total. The van der Waals surface area contributed by atoms with Crippen molar-refractivity contribution in [2.75, 3.05) is 19.6 Å². The summed E-state index contributed by atoms with van der Waals surface area (Å²) in [4.78, 5) is 12.7. The molecule has 1 saturated heterocycles. The summed E-state index contributed by atoms with van der Waals surface area (Å²) in [6.45, 7) is 5.68. The first-order valence-corrected chi connectivity index (χ1v) is 8.60. The fourth-order valence-electron chi connectivity index (χ4n) is 3.48. The molecule has 1 aliphatic rings. The number of halogens is 2. The highest BCUT2D eigenvalue weighted by Crippen LogP contribution is 2.29. The highest BCUT2D eigenvalue weighted by Gasteiger charge is 2.35. The molecule has 1 amide bonds. The van der Waals surface area contributed by atoms with Crippen molar-refractivity contribution in [1.29, 1.82) is 0 Å². The molecule has 0 radical (unpaired) electrons. The highest BCUT2D eigenvalue weighted by molar-refractivity contribution is 5.85. The van der Waals surface area contributed by atoms with Gasteiger partial charge in [-0.05, 0) is 17.2 Å². The van der Waals surface area contributed by atoms with Gasteiger partial charge in [0.15, 0.2) is 0 Å². The normalized spacial score (nSPS) is 19.8. The van der Waals surface area contributed by atoms with Crippen LogP contribution in [0.15, 0.2) is 36.7 Å². The maximum Gasteiger partial charge on any atom is 0.225 e. The number of rotatable bonds is 5. The van der Waals surface area contributed by atoms with Gasteiger partial charge >= 0.3 is 0 Å². The van der Waals surface area contributed by atoms with Crippen molar-refractivity contribution in [2.45, 2.75) is 25.2 Å². The number of benzene rings is 1. The summed E-state index contributed by atoms with van der Waals surface area (Å²) in [5.74, 6) is -0.258. The van der Waals surface area contributed by atoms with Crippen LogP contribution in [0.2, 0.25) is 0 Å². The van der Waals surface area contributed by atoms with Gasteiger partial charge in [0, 0.05) is 44.2 Å². The zero-order valence-corrected chi connectivity index (χ0v) is 16.1. The third-order valence-electron chi connectivity index (χ3n) is 5.01. The molecule has 7 heteroatoms. The molecule has 1 aromatic heterocycles. The molecule has 2 atom stereocenters. The Morgan fingerprint density at radius 2 is 2.12 bits per heavy atom. The molecule has 2 aromatic rings. The smallest absolute Gasteiger partial charge is 0.225 e. The van der Waals surface area contributed by atoms with Crippen LogP contribution in [-0.2, 0) is 17.3 Å². The second-order valence-electron chi connectivity index (χ2n) is 7.40. The monoisotopic (exact) mass is 380 g/mol. The Labute approximate surface area is 159 Å². The van der Waals surface area contributed by atoms with E-state index in [1.165, 1.54) is 6.07 Å². The van der Waals surface area contributed by atoms with Gasteiger partial charge in [-0.25, -0.2) is 4.39 Å². The van der Waals surface area contributed by atoms with Crippen molar-refractivity contribution in [3.05, 3.63) is 53.6 Å². The van der Waals surface area contributed by atoms with Crippen LogP contribution in [0.25, 0.3) is 0 Å². The van der Waals surface area contributed by atoms with Gasteiger partial charge in [-0.15, -0.1) is 12.4 Å². The van der Waals surface area contributed by atoms with Gasteiger partial charge in [0.2, 0.25) is 5.91 Å². The van der Waals surface area contributed by atoms with Crippen LogP contribution in [0.3, 0.4) is 0 Å². The van der Waals surface area contributed by atoms with Gasteiger partial charge in [-0.2, -0.15) is 5.10 Å². The lowest BCUT2D eigenvalue weighted by Crippen LogP contribution is -2.41. The number of nitrogens with one attached hydrogen (secondary N) is 2. The van der Waals surface area contributed by atoms with E-state index in [4.69, 9.17) is 0 Å². The first kappa shape index (κ1) is 20.4. The van der Waals surface area contributed by atoms with Gasteiger partial charge in [0.1, 0.15) is 5.82 Å². The van der Waals surface area contributed by atoms with Gasteiger partial charge in [0.25, 0.3) is 0 Å². The van der Waals surface area contributed by atoms with Crippen molar-refractivity contribution in [3.8, 4) is 0 Å². The Morgan fingerprint density at radius 1 is 1.38 bits per heavy atom. The molecule has 2 N–H and O–H groups in total. The predicted octanol–water partition coefficient (Wildman–Crippen LogP) is 2.38. The van der Waals surface area contributed by atoms with Crippen LogP contribution in [0.1, 0.15) is 30.9 Å². The average molecular weight is 381 g/mol. The van der Waals surface area contributed by atoms with E-state index in [0.29, 0.717) is 18.7 Å². The molecule has 1 fully saturated rings. The number of carbonyl (C=O) groups is 1. The Morgan fingerprint density at radius 3 is 2.77 bits per heavy atom. The van der Waals surface area contributed by atoms with Crippen molar-refractivity contribution in [3.63, 3.8) is 0 Å².